The number of carbonyl (C=O) groups is 1. The van der Waals surface area contributed by atoms with Crippen LogP contribution in [0.4, 0.5) is 5.69 Å². The summed E-state index contributed by atoms with van der Waals surface area (Å²) in [7, 11) is -4.20. The summed E-state index contributed by atoms with van der Waals surface area (Å²) in [5, 5.41) is 6.55. The maximum absolute atomic E-state index is 13.2. The van der Waals surface area contributed by atoms with Crippen LogP contribution in [0.3, 0.4) is 0 Å². The average molecular weight is 488 g/mol. The van der Waals surface area contributed by atoms with Gasteiger partial charge in [-0.05, 0) is 48.3 Å². The summed E-state index contributed by atoms with van der Waals surface area (Å²) < 4.78 is 28.8. The number of aromatic nitrogens is 2. The number of H-pyrrole nitrogens is 1. The predicted octanol–water partition coefficient (Wildman–Crippen LogP) is 0.204. The molecule has 180 valence electrons. The topological polar surface area (TPSA) is 195 Å². The predicted molar refractivity (Wildman–Crippen MR) is 128 cm³/mol. The molecule has 0 aliphatic rings. The lowest BCUT2D eigenvalue weighted by molar-refractivity contribution is -0.120. The van der Waals surface area contributed by atoms with E-state index in [4.69, 9.17) is 16.3 Å². The maximum atomic E-state index is 13.2. The Labute approximate surface area is 195 Å². The minimum absolute atomic E-state index is 0.0189. The first-order valence-electron chi connectivity index (χ1n) is 10.2. The van der Waals surface area contributed by atoms with Crippen molar-refractivity contribution < 1.29 is 18.0 Å². The number of hydrogen-bond acceptors (Lipinski definition) is 7. The number of aryl methyl sites for hydroxylation is 2. The second-order valence-electron chi connectivity index (χ2n) is 7.50. The number of aromatic amines is 1. The van der Waals surface area contributed by atoms with Gasteiger partial charge in [0, 0.05) is 17.3 Å². The first-order valence-corrected chi connectivity index (χ1v) is 11.6. The van der Waals surface area contributed by atoms with E-state index in [1.54, 1.807) is 25.3 Å². The van der Waals surface area contributed by atoms with Crippen molar-refractivity contribution >= 4 is 38.5 Å². The number of amides is 1. The van der Waals surface area contributed by atoms with Crippen LogP contribution in [0.15, 0.2) is 51.4 Å². The average Bonchev–Trinajstić information content (AvgIpc) is 2.75. The molecule has 3 aromatic rings. The molecule has 0 unspecified atom stereocenters. The van der Waals surface area contributed by atoms with Gasteiger partial charge in [0.15, 0.2) is 0 Å². The fourth-order valence-electron chi connectivity index (χ4n) is 3.25. The number of para-hydroxylation sites is 1. The van der Waals surface area contributed by atoms with Crippen molar-refractivity contribution in [3.05, 3.63) is 63.7 Å². The van der Waals surface area contributed by atoms with E-state index in [2.05, 4.69) is 25.2 Å². The molecule has 0 spiro atoms. The molecule has 2 aromatic heterocycles. The van der Waals surface area contributed by atoms with Crippen LogP contribution in [-0.2, 0) is 26.1 Å². The number of rotatable bonds is 9. The van der Waals surface area contributed by atoms with Crippen LogP contribution < -0.4 is 27.1 Å². The second kappa shape index (κ2) is 10.2. The Bertz CT molecular complexity index is 1410. The number of benzene rings is 1. The van der Waals surface area contributed by atoms with Crippen LogP contribution >= 0.6 is 0 Å². The Morgan fingerprint density at radius 3 is 2.74 bits per heavy atom. The Balaban J connectivity index is 1.86. The smallest absolute Gasteiger partial charge is 0.272 e. The number of fused-ring (bicyclic) bond motifs is 1. The van der Waals surface area contributed by atoms with E-state index in [1.165, 1.54) is 12.1 Å². The van der Waals surface area contributed by atoms with Gasteiger partial charge in [0.25, 0.3) is 15.6 Å². The molecule has 0 saturated carbocycles. The van der Waals surface area contributed by atoms with E-state index in [1.807, 2.05) is 13.0 Å². The molecule has 12 nitrogen and oxygen atoms in total. The minimum Gasteiger partial charge on any atom is -0.391 e. The number of hydrogen-bond donors (Lipinski definition) is 5. The molecule has 3 rings (SSSR count). The highest BCUT2D eigenvalue weighted by molar-refractivity contribution is 7.93. The van der Waals surface area contributed by atoms with Gasteiger partial charge in [0.1, 0.15) is 17.2 Å². The Morgan fingerprint density at radius 2 is 2.00 bits per heavy atom. The van der Waals surface area contributed by atoms with Crippen molar-refractivity contribution in [2.75, 3.05) is 17.9 Å². The van der Waals surface area contributed by atoms with E-state index >= 15 is 0 Å². The monoisotopic (exact) mass is 487 g/mol. The van der Waals surface area contributed by atoms with E-state index < -0.39 is 21.5 Å². The minimum atomic E-state index is -4.20. The van der Waals surface area contributed by atoms with Crippen LogP contribution in [0, 0.1) is 13.8 Å². The highest BCUT2D eigenvalue weighted by Crippen LogP contribution is 2.24. The summed E-state index contributed by atoms with van der Waals surface area (Å²) in [6.45, 7) is 3.59. The number of guanidine groups is 1. The molecule has 0 fully saturated rings. The first kappa shape index (κ1) is 24.5. The molecule has 0 atom stereocenters. The molecule has 0 radical (unpaired) electrons. The van der Waals surface area contributed by atoms with Crippen LogP contribution in [0.25, 0.3) is 10.9 Å². The highest BCUT2D eigenvalue weighted by atomic mass is 32.2. The summed E-state index contributed by atoms with van der Waals surface area (Å²) in [5.74, 6) is -0.709. The molecule has 0 saturated heterocycles. The van der Waals surface area contributed by atoms with Crippen molar-refractivity contribution in [2.45, 2.75) is 25.2 Å². The number of sulfonamides is 1. The molecule has 7 N–H and O–H groups in total. The third kappa shape index (κ3) is 6.01. The number of nitrogens with zero attached hydrogens (tertiary/aromatic N) is 2. The summed E-state index contributed by atoms with van der Waals surface area (Å²) >= 11 is 0. The lowest BCUT2D eigenvalue weighted by Gasteiger charge is -2.14. The second-order valence-corrected chi connectivity index (χ2v) is 9.15. The van der Waals surface area contributed by atoms with Gasteiger partial charge in [0.2, 0.25) is 11.9 Å². The third-order valence-corrected chi connectivity index (χ3v) is 6.00. The van der Waals surface area contributed by atoms with Crippen molar-refractivity contribution in [2.24, 2.45) is 16.6 Å². The van der Waals surface area contributed by atoms with E-state index in [0.29, 0.717) is 11.1 Å². The third-order valence-electron chi connectivity index (χ3n) is 4.62. The van der Waals surface area contributed by atoms with Gasteiger partial charge in [-0.15, -0.1) is 0 Å². The lowest BCUT2D eigenvalue weighted by atomic mass is 10.1. The van der Waals surface area contributed by atoms with Crippen molar-refractivity contribution in [3.8, 4) is 0 Å². The SMILES string of the molecule is Cc1cnc2c(S(=O)(=O)Nc3c(CC(=O)NCCON=C(N)N)cc(C)[nH]c3=O)cccc2c1. The molecule has 13 heteroatoms. The van der Waals surface area contributed by atoms with Crippen molar-refractivity contribution in [1.82, 2.24) is 15.3 Å². The van der Waals surface area contributed by atoms with Gasteiger partial charge >= 0.3 is 0 Å². The molecule has 1 aromatic carbocycles. The number of nitrogens with two attached hydrogens (primary N) is 2. The zero-order chi connectivity index (χ0) is 24.9. The molecule has 0 bridgehead atoms. The van der Waals surface area contributed by atoms with Crippen LogP contribution in [0.5, 0.6) is 0 Å². The summed E-state index contributed by atoms with van der Waals surface area (Å²) in [4.78, 5) is 36.5. The van der Waals surface area contributed by atoms with Gasteiger partial charge in [-0.2, -0.15) is 0 Å². The van der Waals surface area contributed by atoms with Gasteiger partial charge in [-0.1, -0.05) is 12.1 Å². The fraction of sp³-hybridized carbons (Fsp3) is 0.238. The Morgan fingerprint density at radius 1 is 1.24 bits per heavy atom. The van der Waals surface area contributed by atoms with Gasteiger partial charge in [-0.25, -0.2) is 8.42 Å². The van der Waals surface area contributed by atoms with Crippen molar-refractivity contribution in [1.29, 1.82) is 0 Å². The number of nitrogens with one attached hydrogen (secondary N) is 3. The van der Waals surface area contributed by atoms with Crippen molar-refractivity contribution in [3.63, 3.8) is 0 Å². The van der Waals surface area contributed by atoms with Crippen LogP contribution in [0.2, 0.25) is 0 Å². The fourth-order valence-corrected chi connectivity index (χ4v) is 4.53. The number of oxime groups is 1. The van der Waals surface area contributed by atoms with Crippen LogP contribution in [0.1, 0.15) is 16.8 Å². The maximum Gasteiger partial charge on any atom is 0.272 e. The Kier molecular flexibility index (Phi) is 7.36. The normalized spacial score (nSPS) is 11.1. The first-order chi connectivity index (χ1) is 16.1. The van der Waals surface area contributed by atoms with Gasteiger partial charge < -0.3 is 26.6 Å². The standard InChI is InChI=1S/C21H25N7O5S/c1-12-8-14-4-3-5-16(18(14)25-11-12)34(31,32)28-19-15(9-13(2)26-20(19)30)10-17(29)24-6-7-33-27-21(22)23/h3-5,8-9,11,28H,6-7,10H2,1-2H3,(H,24,29)(H,26,30)(H4,22,23,27). The molecular formula is C21H25N7O5S. The molecule has 0 aliphatic heterocycles. The summed E-state index contributed by atoms with van der Waals surface area (Å²) in [6.07, 6.45) is 1.31. The zero-order valence-electron chi connectivity index (χ0n) is 18.6. The van der Waals surface area contributed by atoms with Crippen LogP contribution in [-0.4, -0.2) is 43.4 Å². The van der Waals surface area contributed by atoms with E-state index in [-0.39, 0.29) is 47.2 Å². The number of pyridine rings is 2. The summed E-state index contributed by atoms with van der Waals surface area (Å²) in [6, 6.07) is 8.08. The van der Waals surface area contributed by atoms with Gasteiger partial charge in [0.05, 0.1) is 18.5 Å². The highest BCUT2D eigenvalue weighted by Gasteiger charge is 2.22. The van der Waals surface area contributed by atoms with E-state index in [9.17, 15) is 18.0 Å². The lowest BCUT2D eigenvalue weighted by Crippen LogP contribution is -2.30. The van der Waals surface area contributed by atoms with E-state index in [0.717, 1.165) is 5.56 Å². The quantitative estimate of drug-likeness (QED) is 0.122. The zero-order valence-corrected chi connectivity index (χ0v) is 19.4. The summed E-state index contributed by atoms with van der Waals surface area (Å²) in [5.41, 5.74) is 11.2. The molecule has 0 aliphatic carbocycles. The largest absolute Gasteiger partial charge is 0.391 e. The molecule has 2 heterocycles. The number of anilines is 1. The molecule has 34 heavy (non-hydrogen) atoms. The number of carbonyl (C=O) groups excluding carboxylic acids is 1. The molecule has 1 amide bonds. The Hall–Kier alpha value is -4.13. The van der Waals surface area contributed by atoms with Gasteiger partial charge in [-0.3, -0.25) is 19.3 Å². The molecular weight excluding hydrogens is 462 g/mol.